The van der Waals surface area contributed by atoms with Gasteiger partial charge >= 0.3 is 0 Å². The Hall–Kier alpha value is -2.45. The standard InChI is InChI=1S/C18H23NO6S/c1-13-11-16(23-3)17(24-4)12-18(13)26(20,21)19-9-10-25-15-8-6-5-7-14(15)22-2/h5-8,11-12,19H,9-10H2,1-4H3. The van der Waals surface area contributed by atoms with E-state index >= 15 is 0 Å². The molecular weight excluding hydrogens is 358 g/mol. The third kappa shape index (κ3) is 4.59. The van der Waals surface area contributed by atoms with E-state index in [-0.39, 0.29) is 18.0 Å². The molecule has 0 saturated heterocycles. The van der Waals surface area contributed by atoms with Crippen LogP contribution in [-0.2, 0) is 10.0 Å². The van der Waals surface area contributed by atoms with Gasteiger partial charge in [0.05, 0.1) is 26.2 Å². The highest BCUT2D eigenvalue weighted by Gasteiger charge is 2.20. The van der Waals surface area contributed by atoms with Gasteiger partial charge in [-0.05, 0) is 30.7 Å². The Labute approximate surface area is 153 Å². The highest BCUT2D eigenvalue weighted by atomic mass is 32.2. The van der Waals surface area contributed by atoms with Crippen molar-refractivity contribution in [3.63, 3.8) is 0 Å². The molecule has 0 aliphatic carbocycles. The second kappa shape index (κ2) is 8.77. The average Bonchev–Trinajstić information content (AvgIpc) is 2.65. The Morgan fingerprint density at radius 3 is 2.08 bits per heavy atom. The van der Waals surface area contributed by atoms with Crippen LogP contribution in [0, 0.1) is 6.92 Å². The minimum Gasteiger partial charge on any atom is -0.493 e. The van der Waals surface area contributed by atoms with Crippen LogP contribution < -0.4 is 23.7 Å². The Kier molecular flexibility index (Phi) is 6.70. The number of hydrogen-bond donors (Lipinski definition) is 1. The number of hydrogen-bond acceptors (Lipinski definition) is 6. The molecule has 0 bridgehead atoms. The van der Waals surface area contributed by atoms with Gasteiger partial charge < -0.3 is 18.9 Å². The fraction of sp³-hybridized carbons (Fsp3) is 0.333. The molecule has 8 heteroatoms. The van der Waals surface area contributed by atoms with Crippen molar-refractivity contribution in [1.29, 1.82) is 0 Å². The molecule has 0 amide bonds. The molecule has 0 atom stereocenters. The molecule has 142 valence electrons. The molecule has 0 unspecified atom stereocenters. The maximum Gasteiger partial charge on any atom is 0.241 e. The van der Waals surface area contributed by atoms with Gasteiger partial charge in [-0.2, -0.15) is 0 Å². The van der Waals surface area contributed by atoms with Crippen LogP contribution in [0.3, 0.4) is 0 Å². The number of methoxy groups -OCH3 is 3. The van der Waals surface area contributed by atoms with Crippen molar-refractivity contribution in [3.05, 3.63) is 42.0 Å². The summed E-state index contributed by atoms with van der Waals surface area (Å²) in [5.74, 6) is 1.97. The molecule has 2 rings (SSSR count). The summed E-state index contributed by atoms with van der Waals surface area (Å²) in [6.45, 7) is 1.96. The predicted octanol–water partition coefficient (Wildman–Crippen LogP) is 2.38. The Bertz CT molecular complexity index is 851. The van der Waals surface area contributed by atoms with Gasteiger partial charge in [-0.3, -0.25) is 0 Å². The largest absolute Gasteiger partial charge is 0.493 e. The zero-order valence-corrected chi connectivity index (χ0v) is 16.1. The molecule has 0 spiro atoms. The van der Waals surface area contributed by atoms with Crippen molar-refractivity contribution in [3.8, 4) is 23.0 Å². The fourth-order valence-electron chi connectivity index (χ4n) is 2.40. The molecule has 0 aromatic heterocycles. The van der Waals surface area contributed by atoms with Gasteiger partial charge in [0.15, 0.2) is 23.0 Å². The first-order chi connectivity index (χ1) is 12.4. The summed E-state index contributed by atoms with van der Waals surface area (Å²) in [7, 11) is 0.786. The second-order valence-corrected chi connectivity index (χ2v) is 7.11. The van der Waals surface area contributed by atoms with E-state index in [1.54, 1.807) is 32.2 Å². The van der Waals surface area contributed by atoms with Crippen molar-refractivity contribution in [2.75, 3.05) is 34.5 Å². The Morgan fingerprint density at radius 2 is 1.46 bits per heavy atom. The van der Waals surface area contributed by atoms with E-state index < -0.39 is 10.0 Å². The molecular formula is C18H23NO6S. The van der Waals surface area contributed by atoms with Crippen LogP contribution in [0.4, 0.5) is 0 Å². The topological polar surface area (TPSA) is 83.1 Å². The minimum atomic E-state index is -3.72. The van der Waals surface area contributed by atoms with Gasteiger partial charge in [-0.1, -0.05) is 12.1 Å². The van der Waals surface area contributed by atoms with Crippen molar-refractivity contribution in [2.24, 2.45) is 0 Å². The lowest BCUT2D eigenvalue weighted by molar-refractivity contribution is 0.298. The molecule has 2 aromatic carbocycles. The van der Waals surface area contributed by atoms with Gasteiger partial charge in [-0.15, -0.1) is 0 Å². The lowest BCUT2D eigenvalue weighted by Gasteiger charge is -2.14. The number of para-hydroxylation sites is 2. The first-order valence-corrected chi connectivity index (χ1v) is 9.39. The summed E-state index contributed by atoms with van der Waals surface area (Å²) in [4.78, 5) is 0.132. The van der Waals surface area contributed by atoms with E-state index in [4.69, 9.17) is 18.9 Å². The van der Waals surface area contributed by atoms with Gasteiger partial charge in [0, 0.05) is 12.6 Å². The summed E-state index contributed by atoms with van der Waals surface area (Å²) in [5, 5.41) is 0. The summed E-state index contributed by atoms with van der Waals surface area (Å²) >= 11 is 0. The number of aryl methyl sites for hydroxylation is 1. The summed E-state index contributed by atoms with van der Waals surface area (Å²) in [6, 6.07) is 10.2. The molecule has 7 nitrogen and oxygen atoms in total. The number of ether oxygens (including phenoxy) is 4. The lowest BCUT2D eigenvalue weighted by Crippen LogP contribution is -2.29. The number of nitrogens with one attached hydrogen (secondary N) is 1. The van der Waals surface area contributed by atoms with E-state index in [2.05, 4.69) is 4.72 Å². The zero-order chi connectivity index (χ0) is 19.2. The average molecular weight is 381 g/mol. The van der Waals surface area contributed by atoms with Crippen LogP contribution in [-0.4, -0.2) is 42.9 Å². The SMILES string of the molecule is COc1cc(C)c(S(=O)(=O)NCCOc2ccccc2OC)cc1OC. The minimum absolute atomic E-state index is 0.105. The normalized spacial score (nSPS) is 11.1. The van der Waals surface area contributed by atoms with E-state index in [9.17, 15) is 8.42 Å². The molecule has 0 radical (unpaired) electrons. The van der Waals surface area contributed by atoms with E-state index in [1.807, 2.05) is 12.1 Å². The molecule has 0 heterocycles. The Morgan fingerprint density at radius 1 is 0.885 bits per heavy atom. The first-order valence-electron chi connectivity index (χ1n) is 7.91. The Balaban J connectivity index is 2.05. The maximum absolute atomic E-state index is 12.6. The molecule has 0 saturated carbocycles. The molecule has 26 heavy (non-hydrogen) atoms. The summed E-state index contributed by atoms with van der Waals surface area (Å²) in [5.41, 5.74) is 0.556. The van der Waals surface area contributed by atoms with Crippen LogP contribution in [0.5, 0.6) is 23.0 Å². The number of benzene rings is 2. The molecule has 0 fully saturated rings. The highest BCUT2D eigenvalue weighted by molar-refractivity contribution is 7.89. The maximum atomic E-state index is 12.6. The molecule has 1 N–H and O–H groups in total. The number of sulfonamides is 1. The van der Waals surface area contributed by atoms with Gasteiger partial charge in [0.25, 0.3) is 0 Å². The van der Waals surface area contributed by atoms with Gasteiger partial charge in [0.1, 0.15) is 6.61 Å². The smallest absolute Gasteiger partial charge is 0.241 e. The molecule has 2 aromatic rings. The van der Waals surface area contributed by atoms with Gasteiger partial charge in [-0.25, -0.2) is 13.1 Å². The van der Waals surface area contributed by atoms with E-state index in [1.165, 1.54) is 20.3 Å². The van der Waals surface area contributed by atoms with Gasteiger partial charge in [0.2, 0.25) is 10.0 Å². The summed E-state index contributed by atoms with van der Waals surface area (Å²) < 4.78 is 48.8. The fourth-order valence-corrected chi connectivity index (χ4v) is 3.66. The van der Waals surface area contributed by atoms with Crippen LogP contribution in [0.25, 0.3) is 0 Å². The van der Waals surface area contributed by atoms with Crippen LogP contribution in [0.1, 0.15) is 5.56 Å². The van der Waals surface area contributed by atoms with Crippen molar-refractivity contribution < 1.29 is 27.4 Å². The highest BCUT2D eigenvalue weighted by Crippen LogP contribution is 2.32. The predicted molar refractivity (Wildman–Crippen MR) is 98.0 cm³/mol. The van der Waals surface area contributed by atoms with Crippen molar-refractivity contribution in [1.82, 2.24) is 4.72 Å². The quantitative estimate of drug-likeness (QED) is 0.672. The summed E-state index contributed by atoms with van der Waals surface area (Å²) in [6.07, 6.45) is 0. The molecule has 0 aliphatic rings. The second-order valence-electron chi connectivity index (χ2n) is 5.37. The van der Waals surface area contributed by atoms with Crippen molar-refractivity contribution in [2.45, 2.75) is 11.8 Å². The van der Waals surface area contributed by atoms with E-state index in [0.29, 0.717) is 28.6 Å². The number of rotatable bonds is 9. The van der Waals surface area contributed by atoms with Crippen molar-refractivity contribution >= 4 is 10.0 Å². The monoisotopic (exact) mass is 381 g/mol. The van der Waals surface area contributed by atoms with Crippen LogP contribution >= 0.6 is 0 Å². The molecule has 0 aliphatic heterocycles. The first kappa shape index (κ1) is 19.9. The van der Waals surface area contributed by atoms with Crippen LogP contribution in [0.15, 0.2) is 41.3 Å². The third-order valence-corrected chi connectivity index (χ3v) is 5.29. The van der Waals surface area contributed by atoms with Crippen LogP contribution in [0.2, 0.25) is 0 Å². The lowest BCUT2D eigenvalue weighted by atomic mass is 10.2. The third-order valence-electron chi connectivity index (χ3n) is 3.69. The van der Waals surface area contributed by atoms with E-state index in [0.717, 1.165) is 0 Å². The zero-order valence-electron chi connectivity index (χ0n) is 15.2.